The van der Waals surface area contributed by atoms with Gasteiger partial charge in [-0.2, -0.15) is 0 Å². The van der Waals surface area contributed by atoms with E-state index in [2.05, 4.69) is 4.98 Å². The van der Waals surface area contributed by atoms with Gasteiger partial charge in [0.1, 0.15) is 6.04 Å². The molecule has 1 rings (SSSR count). The number of carbonyl (C=O) groups excluding carboxylic acids is 1. The number of hydrogen-bond acceptors (Lipinski definition) is 3. The Labute approximate surface area is 74.0 Å². The number of aliphatic carboxylic acids is 1. The quantitative estimate of drug-likeness (QED) is 0.650. The summed E-state index contributed by atoms with van der Waals surface area (Å²) in [7, 11) is 0. The lowest BCUT2D eigenvalue weighted by Gasteiger charge is -2.10. The molecule has 70 valence electrons. The summed E-state index contributed by atoms with van der Waals surface area (Å²) >= 11 is 0. The van der Waals surface area contributed by atoms with E-state index in [0.29, 0.717) is 0 Å². The lowest BCUT2D eigenvalue weighted by atomic mass is 10.2. The molecular weight excluding hydrogens is 174 g/mol. The normalized spacial score (nSPS) is 12.3. The SMILES string of the molecule is NC(=O)C[C@@H](C(=O)O)n1ccnc1. The molecule has 0 spiro atoms. The molecule has 0 aromatic carbocycles. The van der Waals surface area contributed by atoms with E-state index in [4.69, 9.17) is 10.8 Å². The van der Waals surface area contributed by atoms with Crippen LogP contribution < -0.4 is 5.73 Å². The highest BCUT2D eigenvalue weighted by Gasteiger charge is 2.20. The van der Waals surface area contributed by atoms with Gasteiger partial charge < -0.3 is 15.4 Å². The zero-order valence-corrected chi connectivity index (χ0v) is 6.75. The molecule has 0 saturated heterocycles. The van der Waals surface area contributed by atoms with Crippen molar-refractivity contribution in [1.29, 1.82) is 0 Å². The lowest BCUT2D eigenvalue weighted by Crippen LogP contribution is -2.24. The van der Waals surface area contributed by atoms with Gasteiger partial charge in [-0.25, -0.2) is 9.78 Å². The molecule has 1 atom stereocenters. The Hall–Kier alpha value is -1.85. The predicted octanol–water partition coefficient (Wildman–Crippen LogP) is -0.616. The Bertz CT molecular complexity index is 307. The van der Waals surface area contributed by atoms with E-state index in [-0.39, 0.29) is 6.42 Å². The van der Waals surface area contributed by atoms with Gasteiger partial charge in [-0.1, -0.05) is 0 Å². The number of amides is 1. The molecule has 1 amide bonds. The molecule has 1 heterocycles. The largest absolute Gasteiger partial charge is 0.480 e. The van der Waals surface area contributed by atoms with Gasteiger partial charge in [0.05, 0.1) is 12.7 Å². The van der Waals surface area contributed by atoms with Crippen LogP contribution in [0, 0.1) is 0 Å². The number of aromatic nitrogens is 2. The molecule has 0 aliphatic carbocycles. The molecular formula is C7H9N3O3. The first-order valence-corrected chi connectivity index (χ1v) is 3.60. The number of nitrogens with zero attached hydrogens (tertiary/aromatic N) is 2. The van der Waals surface area contributed by atoms with Crippen LogP contribution in [0.1, 0.15) is 12.5 Å². The van der Waals surface area contributed by atoms with Crippen molar-refractivity contribution in [3.05, 3.63) is 18.7 Å². The van der Waals surface area contributed by atoms with Gasteiger partial charge in [-0.15, -0.1) is 0 Å². The molecule has 0 fully saturated rings. The molecule has 1 aromatic heterocycles. The van der Waals surface area contributed by atoms with Crippen LogP contribution in [0.15, 0.2) is 18.7 Å². The van der Waals surface area contributed by atoms with Gasteiger partial charge in [0.25, 0.3) is 0 Å². The third kappa shape index (κ3) is 2.29. The van der Waals surface area contributed by atoms with Gasteiger partial charge in [-0.05, 0) is 0 Å². The van der Waals surface area contributed by atoms with E-state index in [1.165, 1.54) is 23.3 Å². The molecule has 0 aliphatic heterocycles. The van der Waals surface area contributed by atoms with Crippen LogP contribution in [-0.4, -0.2) is 26.5 Å². The highest BCUT2D eigenvalue weighted by molar-refractivity contribution is 5.82. The number of hydrogen-bond donors (Lipinski definition) is 2. The molecule has 0 radical (unpaired) electrons. The number of primary amides is 1. The summed E-state index contributed by atoms with van der Waals surface area (Å²) in [6.45, 7) is 0. The number of carboxylic acids is 1. The monoisotopic (exact) mass is 183 g/mol. The van der Waals surface area contributed by atoms with E-state index in [1.54, 1.807) is 0 Å². The van der Waals surface area contributed by atoms with Crippen molar-refractivity contribution >= 4 is 11.9 Å². The molecule has 0 bridgehead atoms. The Morgan fingerprint density at radius 3 is 2.69 bits per heavy atom. The molecule has 6 nitrogen and oxygen atoms in total. The highest BCUT2D eigenvalue weighted by atomic mass is 16.4. The van der Waals surface area contributed by atoms with Crippen molar-refractivity contribution in [3.8, 4) is 0 Å². The zero-order chi connectivity index (χ0) is 9.84. The van der Waals surface area contributed by atoms with E-state index in [0.717, 1.165) is 0 Å². The van der Waals surface area contributed by atoms with Gasteiger partial charge in [0.15, 0.2) is 0 Å². The average Bonchev–Trinajstić information content (AvgIpc) is 2.50. The molecule has 0 saturated carbocycles. The number of nitrogens with two attached hydrogens (primary N) is 1. The Morgan fingerprint density at radius 2 is 2.31 bits per heavy atom. The van der Waals surface area contributed by atoms with Crippen molar-refractivity contribution in [2.45, 2.75) is 12.5 Å². The van der Waals surface area contributed by atoms with Crippen molar-refractivity contribution in [1.82, 2.24) is 9.55 Å². The predicted molar refractivity (Wildman–Crippen MR) is 42.7 cm³/mol. The molecule has 0 unspecified atom stereocenters. The minimum atomic E-state index is -1.10. The maximum absolute atomic E-state index is 10.7. The third-order valence-electron chi connectivity index (χ3n) is 1.56. The Kier molecular flexibility index (Phi) is 2.63. The molecule has 1 aromatic rings. The summed E-state index contributed by atoms with van der Waals surface area (Å²) in [6.07, 6.45) is 4.02. The van der Waals surface area contributed by atoms with Gasteiger partial charge in [-0.3, -0.25) is 4.79 Å². The van der Waals surface area contributed by atoms with Crippen LogP contribution in [0.4, 0.5) is 0 Å². The van der Waals surface area contributed by atoms with Gasteiger partial charge >= 0.3 is 5.97 Å². The minimum Gasteiger partial charge on any atom is -0.480 e. The fraction of sp³-hybridized carbons (Fsp3) is 0.286. The van der Waals surface area contributed by atoms with Crippen molar-refractivity contribution in [3.63, 3.8) is 0 Å². The van der Waals surface area contributed by atoms with E-state index < -0.39 is 17.9 Å². The molecule has 6 heteroatoms. The standard InChI is InChI=1S/C7H9N3O3/c8-6(11)3-5(7(12)13)10-2-1-9-4-10/h1-2,4-5H,3H2,(H2,8,11)(H,12,13)/t5-/m0/s1. The summed E-state index contributed by atoms with van der Waals surface area (Å²) < 4.78 is 1.33. The second-order valence-corrected chi connectivity index (χ2v) is 2.53. The van der Waals surface area contributed by atoms with Gasteiger partial charge in [0.2, 0.25) is 5.91 Å². The second-order valence-electron chi connectivity index (χ2n) is 2.53. The van der Waals surface area contributed by atoms with Crippen molar-refractivity contribution < 1.29 is 14.7 Å². The van der Waals surface area contributed by atoms with Crippen molar-refractivity contribution in [2.24, 2.45) is 5.73 Å². The summed E-state index contributed by atoms with van der Waals surface area (Å²) in [4.78, 5) is 24.9. The van der Waals surface area contributed by atoms with Gasteiger partial charge in [0, 0.05) is 12.4 Å². The molecule has 0 aliphatic rings. The smallest absolute Gasteiger partial charge is 0.327 e. The summed E-state index contributed by atoms with van der Waals surface area (Å²) in [5, 5.41) is 8.74. The number of carbonyl (C=O) groups is 2. The highest BCUT2D eigenvalue weighted by Crippen LogP contribution is 2.10. The van der Waals surface area contributed by atoms with E-state index in [9.17, 15) is 9.59 Å². The fourth-order valence-corrected chi connectivity index (χ4v) is 0.965. The Balaban J connectivity index is 2.81. The van der Waals surface area contributed by atoms with E-state index in [1.807, 2.05) is 0 Å². The maximum atomic E-state index is 10.7. The minimum absolute atomic E-state index is 0.230. The summed E-state index contributed by atoms with van der Waals surface area (Å²) in [5.41, 5.74) is 4.90. The van der Waals surface area contributed by atoms with Crippen LogP contribution in [0.5, 0.6) is 0 Å². The third-order valence-corrected chi connectivity index (χ3v) is 1.56. The number of imidazole rings is 1. The summed E-state index contributed by atoms with van der Waals surface area (Å²) in [6, 6.07) is -0.958. The first kappa shape index (κ1) is 9.24. The summed E-state index contributed by atoms with van der Waals surface area (Å²) in [5.74, 6) is -1.75. The zero-order valence-electron chi connectivity index (χ0n) is 6.75. The van der Waals surface area contributed by atoms with Crippen LogP contribution >= 0.6 is 0 Å². The fourth-order valence-electron chi connectivity index (χ4n) is 0.965. The van der Waals surface area contributed by atoms with Crippen LogP contribution in [0.2, 0.25) is 0 Å². The van der Waals surface area contributed by atoms with Crippen LogP contribution in [-0.2, 0) is 9.59 Å². The average molecular weight is 183 g/mol. The first-order valence-electron chi connectivity index (χ1n) is 3.60. The topological polar surface area (TPSA) is 98.2 Å². The second kappa shape index (κ2) is 3.70. The first-order chi connectivity index (χ1) is 6.11. The molecule has 3 N–H and O–H groups in total. The number of rotatable bonds is 4. The number of carboxylic acid groups (broad SMARTS) is 1. The van der Waals surface area contributed by atoms with Crippen LogP contribution in [0.3, 0.4) is 0 Å². The Morgan fingerprint density at radius 1 is 1.62 bits per heavy atom. The van der Waals surface area contributed by atoms with E-state index >= 15 is 0 Å². The van der Waals surface area contributed by atoms with Crippen molar-refractivity contribution in [2.75, 3.05) is 0 Å². The lowest BCUT2D eigenvalue weighted by molar-refractivity contribution is -0.142. The molecule has 13 heavy (non-hydrogen) atoms. The maximum Gasteiger partial charge on any atom is 0.327 e. The van der Waals surface area contributed by atoms with Crippen LogP contribution in [0.25, 0.3) is 0 Å².